The fourth-order valence-corrected chi connectivity index (χ4v) is 2.78. The number of β-amino-alcohol motifs (C(OH)–C–C–N with tert-alkyl or cyclic N) is 1. The molecule has 3 N–H and O–H groups in total. The zero-order valence-electron chi connectivity index (χ0n) is 13.9. The van der Waals surface area contributed by atoms with Gasteiger partial charge in [-0.05, 0) is 12.1 Å². The highest BCUT2D eigenvalue weighted by molar-refractivity contribution is 5.94. The van der Waals surface area contributed by atoms with Crippen molar-refractivity contribution in [3.8, 4) is 0 Å². The van der Waals surface area contributed by atoms with Gasteiger partial charge in [-0.25, -0.2) is 0 Å². The number of carbonyl (C=O) groups is 1. The molecule has 1 aromatic rings. The Labute approximate surface area is 142 Å². The standard InChI is InChI=1S/C17H26N2O5/c1-23-9-10-24-8-7-19-12-15(20)16(21)14(19)11-18-17(22)13-5-3-2-4-6-13/h2-6,14-16,20-21H,7-12H2,1H3,(H,18,22)/t14-,15-,16+/m0/s1. The molecule has 1 heterocycles. The van der Waals surface area contributed by atoms with Gasteiger partial charge in [0.2, 0.25) is 0 Å². The molecular formula is C17H26N2O5. The first-order valence-electron chi connectivity index (χ1n) is 8.13. The average Bonchev–Trinajstić information content (AvgIpc) is 2.87. The molecule has 1 aliphatic rings. The highest BCUT2D eigenvalue weighted by atomic mass is 16.5. The number of methoxy groups -OCH3 is 1. The molecule has 0 unspecified atom stereocenters. The van der Waals surface area contributed by atoms with Crippen molar-refractivity contribution in [2.24, 2.45) is 0 Å². The van der Waals surface area contributed by atoms with Crippen LogP contribution in [0.3, 0.4) is 0 Å². The Balaban J connectivity index is 1.82. The Morgan fingerprint density at radius 2 is 2.00 bits per heavy atom. The first kappa shape index (κ1) is 18.8. The summed E-state index contributed by atoms with van der Waals surface area (Å²) in [5.41, 5.74) is 0.569. The molecule has 0 bridgehead atoms. The maximum atomic E-state index is 12.1. The summed E-state index contributed by atoms with van der Waals surface area (Å²) in [5.74, 6) is -0.194. The maximum Gasteiger partial charge on any atom is 0.251 e. The second-order valence-electron chi connectivity index (χ2n) is 5.80. The van der Waals surface area contributed by atoms with Crippen molar-refractivity contribution in [1.82, 2.24) is 10.2 Å². The van der Waals surface area contributed by atoms with E-state index in [4.69, 9.17) is 9.47 Å². The molecule has 2 rings (SSSR count). The molecule has 0 aliphatic carbocycles. The molecule has 7 nitrogen and oxygen atoms in total. The second kappa shape index (κ2) is 9.71. The average molecular weight is 338 g/mol. The van der Waals surface area contributed by atoms with E-state index < -0.39 is 12.2 Å². The van der Waals surface area contributed by atoms with E-state index in [2.05, 4.69) is 5.32 Å². The Hall–Kier alpha value is -1.51. The normalized spacial score (nSPS) is 24.2. The van der Waals surface area contributed by atoms with Gasteiger partial charge in [0.25, 0.3) is 5.91 Å². The number of hydrogen-bond acceptors (Lipinski definition) is 6. The molecule has 0 saturated carbocycles. The second-order valence-corrected chi connectivity index (χ2v) is 5.80. The Morgan fingerprint density at radius 3 is 2.71 bits per heavy atom. The third-order valence-electron chi connectivity index (χ3n) is 4.14. The van der Waals surface area contributed by atoms with Crippen molar-refractivity contribution < 1.29 is 24.5 Å². The predicted molar refractivity (Wildman–Crippen MR) is 88.8 cm³/mol. The molecule has 1 amide bonds. The number of hydrogen-bond donors (Lipinski definition) is 3. The minimum atomic E-state index is -0.889. The largest absolute Gasteiger partial charge is 0.389 e. The van der Waals surface area contributed by atoms with Crippen LogP contribution >= 0.6 is 0 Å². The molecule has 134 valence electrons. The van der Waals surface area contributed by atoms with Gasteiger partial charge in [0.05, 0.1) is 38.1 Å². The van der Waals surface area contributed by atoms with Gasteiger partial charge in [-0.1, -0.05) is 18.2 Å². The molecule has 3 atom stereocenters. The van der Waals surface area contributed by atoms with Crippen LogP contribution in [0, 0.1) is 0 Å². The fraction of sp³-hybridized carbons (Fsp3) is 0.588. The van der Waals surface area contributed by atoms with Crippen LogP contribution in [0.2, 0.25) is 0 Å². The smallest absolute Gasteiger partial charge is 0.251 e. The molecular weight excluding hydrogens is 312 g/mol. The van der Waals surface area contributed by atoms with E-state index in [1.54, 1.807) is 31.4 Å². The van der Waals surface area contributed by atoms with Gasteiger partial charge in [-0.3, -0.25) is 9.69 Å². The van der Waals surface area contributed by atoms with Gasteiger partial charge in [0.15, 0.2) is 0 Å². The minimum absolute atomic E-state index is 0.194. The number of likely N-dealkylation sites (tertiary alicyclic amines) is 1. The van der Waals surface area contributed by atoms with E-state index in [0.717, 1.165) is 0 Å². The predicted octanol–water partition coefficient (Wildman–Crippen LogP) is -0.515. The van der Waals surface area contributed by atoms with Crippen LogP contribution in [-0.4, -0.2) is 85.8 Å². The quantitative estimate of drug-likeness (QED) is 0.525. The minimum Gasteiger partial charge on any atom is -0.389 e. The van der Waals surface area contributed by atoms with Gasteiger partial charge in [-0.15, -0.1) is 0 Å². The number of nitrogens with one attached hydrogen (secondary N) is 1. The molecule has 1 aromatic carbocycles. The highest BCUT2D eigenvalue weighted by Crippen LogP contribution is 2.18. The summed E-state index contributed by atoms with van der Waals surface area (Å²) in [6.45, 7) is 2.72. The summed E-state index contributed by atoms with van der Waals surface area (Å²) in [6.07, 6.45) is -1.71. The first-order chi connectivity index (χ1) is 11.6. The van der Waals surface area contributed by atoms with E-state index >= 15 is 0 Å². The molecule has 24 heavy (non-hydrogen) atoms. The molecule has 0 aromatic heterocycles. The maximum absolute atomic E-state index is 12.1. The van der Waals surface area contributed by atoms with Gasteiger partial charge < -0.3 is 25.0 Å². The van der Waals surface area contributed by atoms with E-state index in [-0.39, 0.29) is 18.5 Å². The van der Waals surface area contributed by atoms with Crippen LogP contribution < -0.4 is 5.32 Å². The summed E-state index contributed by atoms with van der Waals surface area (Å²) in [5, 5.41) is 22.9. The lowest BCUT2D eigenvalue weighted by molar-refractivity contribution is 0.0327. The molecule has 7 heteroatoms. The summed E-state index contributed by atoms with van der Waals surface area (Å²) >= 11 is 0. The number of ether oxygens (including phenoxy) is 2. The number of aliphatic hydroxyl groups is 2. The van der Waals surface area contributed by atoms with Gasteiger partial charge in [0, 0.05) is 32.3 Å². The summed E-state index contributed by atoms with van der Waals surface area (Å²) in [6, 6.07) is 8.57. The summed E-state index contributed by atoms with van der Waals surface area (Å²) in [4.78, 5) is 14.1. The zero-order valence-corrected chi connectivity index (χ0v) is 13.9. The van der Waals surface area contributed by atoms with Crippen LogP contribution in [0.4, 0.5) is 0 Å². The molecule has 0 spiro atoms. The third-order valence-corrected chi connectivity index (χ3v) is 4.14. The monoisotopic (exact) mass is 338 g/mol. The lowest BCUT2D eigenvalue weighted by Crippen LogP contribution is -2.46. The number of rotatable bonds is 9. The number of aliphatic hydroxyl groups excluding tert-OH is 2. The van der Waals surface area contributed by atoms with Crippen LogP contribution in [0.15, 0.2) is 30.3 Å². The van der Waals surface area contributed by atoms with Gasteiger partial charge in [-0.2, -0.15) is 0 Å². The lowest BCUT2D eigenvalue weighted by Gasteiger charge is -2.26. The lowest BCUT2D eigenvalue weighted by atomic mass is 10.1. The van der Waals surface area contributed by atoms with E-state index in [0.29, 0.717) is 38.5 Å². The summed E-state index contributed by atoms with van der Waals surface area (Å²) in [7, 11) is 1.61. The van der Waals surface area contributed by atoms with Crippen molar-refractivity contribution in [3.05, 3.63) is 35.9 Å². The van der Waals surface area contributed by atoms with Crippen LogP contribution in [-0.2, 0) is 9.47 Å². The summed E-state index contributed by atoms with van der Waals surface area (Å²) < 4.78 is 10.3. The topological polar surface area (TPSA) is 91.3 Å². The van der Waals surface area contributed by atoms with Gasteiger partial charge >= 0.3 is 0 Å². The van der Waals surface area contributed by atoms with Crippen molar-refractivity contribution in [1.29, 1.82) is 0 Å². The van der Waals surface area contributed by atoms with Crippen molar-refractivity contribution in [2.75, 3.05) is 46.6 Å². The Bertz CT molecular complexity index is 499. The highest BCUT2D eigenvalue weighted by Gasteiger charge is 2.39. The van der Waals surface area contributed by atoms with Gasteiger partial charge in [0.1, 0.15) is 0 Å². The van der Waals surface area contributed by atoms with Crippen LogP contribution in [0.1, 0.15) is 10.4 Å². The first-order valence-corrected chi connectivity index (χ1v) is 8.13. The third kappa shape index (κ3) is 5.25. The molecule has 0 radical (unpaired) electrons. The molecule has 1 saturated heterocycles. The Morgan fingerprint density at radius 1 is 1.25 bits per heavy atom. The molecule has 1 fully saturated rings. The van der Waals surface area contributed by atoms with Crippen molar-refractivity contribution >= 4 is 5.91 Å². The number of carbonyl (C=O) groups excluding carboxylic acids is 1. The SMILES string of the molecule is COCCOCCN1C[C@H](O)[C@H](O)[C@@H]1CNC(=O)c1ccccc1. The zero-order chi connectivity index (χ0) is 17.4. The Kier molecular flexibility index (Phi) is 7.61. The van der Waals surface area contributed by atoms with Crippen molar-refractivity contribution in [2.45, 2.75) is 18.2 Å². The number of amides is 1. The fourth-order valence-electron chi connectivity index (χ4n) is 2.78. The van der Waals surface area contributed by atoms with E-state index in [1.807, 2.05) is 11.0 Å². The van der Waals surface area contributed by atoms with Crippen LogP contribution in [0.25, 0.3) is 0 Å². The number of benzene rings is 1. The van der Waals surface area contributed by atoms with Crippen molar-refractivity contribution in [3.63, 3.8) is 0 Å². The van der Waals surface area contributed by atoms with Crippen LogP contribution in [0.5, 0.6) is 0 Å². The van der Waals surface area contributed by atoms with E-state index in [1.165, 1.54) is 0 Å². The number of nitrogens with zero attached hydrogens (tertiary/aromatic N) is 1. The molecule has 1 aliphatic heterocycles. The van der Waals surface area contributed by atoms with E-state index in [9.17, 15) is 15.0 Å².